The molecule has 1 aromatic carbocycles. The number of nitrogens with two attached hydrogens (primary N) is 1. The summed E-state index contributed by atoms with van der Waals surface area (Å²) in [6, 6.07) is 6.24. The highest BCUT2D eigenvalue weighted by Crippen LogP contribution is 2.33. The van der Waals surface area contributed by atoms with Gasteiger partial charge in [0.05, 0.1) is 21.3 Å². The molecule has 0 aliphatic carbocycles. The molecule has 0 saturated heterocycles. The fraction of sp³-hybridized carbons (Fsp3) is 0.154. The third-order valence-electron chi connectivity index (χ3n) is 2.72. The molecule has 0 spiro atoms. The molecule has 1 heterocycles. The van der Waals surface area contributed by atoms with E-state index >= 15 is 0 Å². The predicted octanol–water partition coefficient (Wildman–Crippen LogP) is 2.93. The third-order valence-corrected chi connectivity index (χ3v) is 4.76. The summed E-state index contributed by atoms with van der Waals surface area (Å²) in [5, 5.41) is 0. The first kappa shape index (κ1) is 14.8. The lowest BCUT2D eigenvalue weighted by Crippen LogP contribution is -1.99. The van der Waals surface area contributed by atoms with Gasteiger partial charge in [0.2, 0.25) is 5.88 Å². The maximum Gasteiger partial charge on any atom is 0.233 e. The van der Waals surface area contributed by atoms with Gasteiger partial charge in [0.15, 0.2) is 9.84 Å². The van der Waals surface area contributed by atoms with Gasteiger partial charge in [-0.2, -0.15) is 0 Å². The molecule has 0 unspecified atom stereocenters. The molecule has 0 saturated carbocycles. The van der Waals surface area contributed by atoms with Crippen molar-refractivity contribution in [1.29, 1.82) is 0 Å². The molecule has 5 nitrogen and oxygen atoms in total. The lowest BCUT2D eigenvalue weighted by molar-refractivity contribution is 0.457. The van der Waals surface area contributed by atoms with Gasteiger partial charge in [-0.05, 0) is 46.6 Å². The second-order valence-corrected chi connectivity index (χ2v) is 7.12. The minimum atomic E-state index is -3.27. The molecule has 0 aliphatic rings. The van der Waals surface area contributed by atoms with Gasteiger partial charge in [-0.1, -0.05) is 6.07 Å². The van der Waals surface area contributed by atoms with Crippen LogP contribution in [0, 0.1) is 6.92 Å². The Morgan fingerprint density at radius 3 is 2.70 bits per heavy atom. The normalized spacial score (nSPS) is 11.3. The molecule has 2 aromatic rings. The SMILES string of the molecule is Cc1c(N)cnc(Oc2cccc(S(C)(=O)=O)c2)c1Br. The number of hydrogen-bond donors (Lipinski definition) is 1. The van der Waals surface area contributed by atoms with E-state index in [2.05, 4.69) is 20.9 Å². The fourth-order valence-electron chi connectivity index (χ4n) is 1.52. The zero-order valence-electron chi connectivity index (χ0n) is 10.9. The Balaban J connectivity index is 2.39. The highest BCUT2D eigenvalue weighted by atomic mass is 79.9. The number of nitrogen functional groups attached to an aromatic ring is 1. The summed E-state index contributed by atoms with van der Waals surface area (Å²) in [4.78, 5) is 4.28. The van der Waals surface area contributed by atoms with Gasteiger partial charge in [0.25, 0.3) is 0 Å². The molecule has 1 aromatic heterocycles. The number of benzene rings is 1. The van der Waals surface area contributed by atoms with E-state index in [-0.39, 0.29) is 4.90 Å². The largest absolute Gasteiger partial charge is 0.438 e. The average Bonchev–Trinajstić information content (AvgIpc) is 2.39. The van der Waals surface area contributed by atoms with Crippen LogP contribution in [0.5, 0.6) is 11.6 Å². The van der Waals surface area contributed by atoms with Crippen molar-refractivity contribution in [3.63, 3.8) is 0 Å². The molecule has 7 heteroatoms. The molecule has 0 atom stereocenters. The maximum atomic E-state index is 11.5. The number of halogens is 1. The van der Waals surface area contributed by atoms with Crippen molar-refractivity contribution < 1.29 is 13.2 Å². The Hall–Kier alpha value is -1.60. The van der Waals surface area contributed by atoms with Crippen molar-refractivity contribution in [2.24, 2.45) is 0 Å². The summed E-state index contributed by atoms with van der Waals surface area (Å²) < 4.78 is 29.3. The first-order valence-corrected chi connectivity index (χ1v) is 8.36. The van der Waals surface area contributed by atoms with Gasteiger partial charge < -0.3 is 10.5 Å². The van der Waals surface area contributed by atoms with Gasteiger partial charge in [-0.25, -0.2) is 13.4 Å². The van der Waals surface area contributed by atoms with Crippen molar-refractivity contribution in [2.45, 2.75) is 11.8 Å². The number of sulfone groups is 1. The lowest BCUT2D eigenvalue weighted by Gasteiger charge is -2.10. The summed E-state index contributed by atoms with van der Waals surface area (Å²) >= 11 is 3.36. The molecule has 0 fully saturated rings. The molecule has 106 valence electrons. The number of pyridine rings is 1. The summed E-state index contributed by atoms with van der Waals surface area (Å²) in [5.41, 5.74) is 7.10. The van der Waals surface area contributed by atoms with Crippen molar-refractivity contribution in [2.75, 3.05) is 12.0 Å². The van der Waals surface area contributed by atoms with Crippen LogP contribution < -0.4 is 10.5 Å². The second kappa shape index (κ2) is 5.41. The van der Waals surface area contributed by atoms with Crippen LogP contribution in [0.15, 0.2) is 39.8 Å². The second-order valence-electron chi connectivity index (χ2n) is 4.31. The molecule has 20 heavy (non-hydrogen) atoms. The standard InChI is InChI=1S/C13H13BrN2O3S/c1-8-11(15)7-16-13(12(8)14)19-9-4-3-5-10(6-9)20(2,17)18/h3-7H,15H2,1-2H3. The van der Waals surface area contributed by atoms with E-state index in [0.717, 1.165) is 11.8 Å². The van der Waals surface area contributed by atoms with E-state index in [1.54, 1.807) is 12.1 Å². The Morgan fingerprint density at radius 1 is 1.35 bits per heavy atom. The molecular formula is C13H13BrN2O3S. The van der Waals surface area contributed by atoms with E-state index in [1.165, 1.54) is 18.3 Å². The molecule has 2 rings (SSSR count). The first-order chi connectivity index (χ1) is 9.29. The number of ether oxygens (including phenoxy) is 1. The Bertz CT molecular complexity index is 760. The number of nitrogens with zero attached hydrogens (tertiary/aromatic N) is 1. The molecule has 0 amide bonds. The summed E-state index contributed by atoms with van der Waals surface area (Å²) in [6.07, 6.45) is 2.64. The Kier molecular flexibility index (Phi) is 4.01. The molecule has 2 N–H and O–H groups in total. The van der Waals surface area contributed by atoms with Gasteiger partial charge in [-0.3, -0.25) is 0 Å². The minimum Gasteiger partial charge on any atom is -0.438 e. The van der Waals surface area contributed by atoms with Gasteiger partial charge >= 0.3 is 0 Å². The van der Waals surface area contributed by atoms with E-state index < -0.39 is 9.84 Å². The molecule has 0 aliphatic heterocycles. The van der Waals surface area contributed by atoms with E-state index in [1.807, 2.05) is 6.92 Å². The van der Waals surface area contributed by atoms with Gasteiger partial charge in [0.1, 0.15) is 5.75 Å². The number of rotatable bonds is 3. The van der Waals surface area contributed by atoms with Crippen molar-refractivity contribution >= 4 is 31.5 Å². The van der Waals surface area contributed by atoms with Gasteiger partial charge in [0, 0.05) is 6.26 Å². The van der Waals surface area contributed by atoms with Crippen molar-refractivity contribution in [3.8, 4) is 11.6 Å². The van der Waals surface area contributed by atoms with Gasteiger partial charge in [-0.15, -0.1) is 0 Å². The molecular weight excluding hydrogens is 344 g/mol. The monoisotopic (exact) mass is 356 g/mol. The van der Waals surface area contributed by atoms with Crippen LogP contribution in [0.4, 0.5) is 5.69 Å². The smallest absolute Gasteiger partial charge is 0.233 e. The highest BCUT2D eigenvalue weighted by molar-refractivity contribution is 9.10. The Morgan fingerprint density at radius 2 is 2.05 bits per heavy atom. The highest BCUT2D eigenvalue weighted by Gasteiger charge is 2.12. The van der Waals surface area contributed by atoms with E-state index in [9.17, 15) is 8.42 Å². The molecule has 0 bridgehead atoms. The summed E-state index contributed by atoms with van der Waals surface area (Å²) in [6.45, 7) is 1.83. The summed E-state index contributed by atoms with van der Waals surface area (Å²) in [5.74, 6) is 0.729. The topological polar surface area (TPSA) is 82.3 Å². The zero-order chi connectivity index (χ0) is 14.9. The zero-order valence-corrected chi connectivity index (χ0v) is 13.3. The third kappa shape index (κ3) is 3.10. The Labute approximate surface area is 125 Å². The van der Waals surface area contributed by atoms with Crippen LogP contribution in [0.25, 0.3) is 0 Å². The first-order valence-electron chi connectivity index (χ1n) is 5.67. The number of anilines is 1. The van der Waals surface area contributed by atoms with E-state index in [4.69, 9.17) is 10.5 Å². The van der Waals surface area contributed by atoms with Crippen LogP contribution in [-0.2, 0) is 9.84 Å². The quantitative estimate of drug-likeness (QED) is 0.913. The number of hydrogen-bond acceptors (Lipinski definition) is 5. The maximum absolute atomic E-state index is 11.5. The van der Waals surface area contributed by atoms with Crippen LogP contribution >= 0.6 is 15.9 Å². The van der Waals surface area contributed by atoms with E-state index in [0.29, 0.717) is 21.8 Å². The van der Waals surface area contributed by atoms with Crippen LogP contribution in [0.1, 0.15) is 5.56 Å². The summed E-state index contributed by atoms with van der Waals surface area (Å²) in [7, 11) is -3.27. The van der Waals surface area contributed by atoms with Crippen molar-refractivity contribution in [3.05, 3.63) is 40.5 Å². The predicted molar refractivity (Wildman–Crippen MR) is 80.7 cm³/mol. The van der Waals surface area contributed by atoms with Crippen LogP contribution in [-0.4, -0.2) is 19.7 Å². The lowest BCUT2D eigenvalue weighted by atomic mass is 10.2. The average molecular weight is 357 g/mol. The van der Waals surface area contributed by atoms with Crippen LogP contribution in [0.2, 0.25) is 0 Å². The number of aromatic nitrogens is 1. The molecule has 0 radical (unpaired) electrons. The minimum absolute atomic E-state index is 0.193. The van der Waals surface area contributed by atoms with Crippen molar-refractivity contribution in [1.82, 2.24) is 4.98 Å². The fourth-order valence-corrected chi connectivity index (χ4v) is 2.59. The van der Waals surface area contributed by atoms with Crippen LogP contribution in [0.3, 0.4) is 0 Å².